The first-order valence-electron chi connectivity index (χ1n) is 8.00. The van der Waals surface area contributed by atoms with Gasteiger partial charge in [0.2, 0.25) is 0 Å². The summed E-state index contributed by atoms with van der Waals surface area (Å²) >= 11 is 0. The van der Waals surface area contributed by atoms with Gasteiger partial charge >= 0.3 is 0 Å². The number of rotatable bonds is 14. The fourth-order valence-corrected chi connectivity index (χ4v) is 2.08. The van der Waals surface area contributed by atoms with Crippen molar-refractivity contribution in [2.24, 2.45) is 5.73 Å². The summed E-state index contributed by atoms with van der Waals surface area (Å²) in [6.45, 7) is 3.87. The molecular formula is C16H34N2. The van der Waals surface area contributed by atoms with Gasteiger partial charge in [0.1, 0.15) is 0 Å². The van der Waals surface area contributed by atoms with Gasteiger partial charge in [0.15, 0.2) is 0 Å². The highest BCUT2D eigenvalue weighted by molar-refractivity contribution is 4.79. The summed E-state index contributed by atoms with van der Waals surface area (Å²) < 4.78 is 0. The number of nitrogens with one attached hydrogen (secondary N) is 1. The molecule has 0 aliphatic rings. The third-order valence-corrected chi connectivity index (χ3v) is 3.25. The molecule has 108 valence electrons. The molecule has 0 amide bonds. The fraction of sp³-hybridized carbons (Fsp3) is 0.875. The molecule has 3 N–H and O–H groups in total. The van der Waals surface area contributed by atoms with Crippen LogP contribution in [0.5, 0.6) is 0 Å². The molecule has 0 spiro atoms. The summed E-state index contributed by atoms with van der Waals surface area (Å²) in [5.41, 5.74) is 5.38. The van der Waals surface area contributed by atoms with E-state index in [1.807, 2.05) is 6.20 Å². The van der Waals surface area contributed by atoms with Crippen LogP contribution in [0.2, 0.25) is 0 Å². The molecule has 0 heterocycles. The zero-order valence-electron chi connectivity index (χ0n) is 12.4. The Labute approximate surface area is 114 Å². The van der Waals surface area contributed by atoms with Crippen LogP contribution in [0.4, 0.5) is 0 Å². The first-order valence-corrected chi connectivity index (χ1v) is 8.00. The van der Waals surface area contributed by atoms with Gasteiger partial charge in [0, 0.05) is 13.1 Å². The van der Waals surface area contributed by atoms with E-state index in [4.69, 9.17) is 5.73 Å². The summed E-state index contributed by atoms with van der Waals surface area (Å²) in [5.74, 6) is 0. The van der Waals surface area contributed by atoms with Crippen molar-refractivity contribution < 1.29 is 0 Å². The molecular weight excluding hydrogens is 220 g/mol. The maximum absolute atomic E-state index is 5.38. The van der Waals surface area contributed by atoms with Crippen LogP contribution in [0, 0.1) is 0 Å². The van der Waals surface area contributed by atoms with Gasteiger partial charge in [-0.2, -0.15) is 0 Å². The lowest BCUT2D eigenvalue weighted by atomic mass is 10.1. The highest BCUT2D eigenvalue weighted by atomic mass is 14.8. The van der Waals surface area contributed by atoms with Crippen molar-refractivity contribution in [2.75, 3.05) is 13.1 Å². The Bertz CT molecular complexity index is 166. The van der Waals surface area contributed by atoms with E-state index in [1.54, 1.807) is 0 Å². The highest BCUT2D eigenvalue weighted by Gasteiger charge is 1.91. The smallest absolute Gasteiger partial charge is 0.0264 e. The van der Waals surface area contributed by atoms with Crippen molar-refractivity contribution in [1.29, 1.82) is 0 Å². The third kappa shape index (κ3) is 15.5. The van der Waals surface area contributed by atoms with Crippen molar-refractivity contribution in [2.45, 2.75) is 77.6 Å². The standard InChI is InChI=1S/C16H34N2/c1-2-3-4-5-6-7-8-9-10-11-12-13-15-18-16-14-17/h13,15,18H,2-12,14,16-17H2,1H3/b15-13+. The van der Waals surface area contributed by atoms with Crippen LogP contribution in [0.1, 0.15) is 77.6 Å². The summed E-state index contributed by atoms with van der Waals surface area (Å²) in [7, 11) is 0. The van der Waals surface area contributed by atoms with Crippen LogP contribution in [0.25, 0.3) is 0 Å². The monoisotopic (exact) mass is 254 g/mol. The minimum Gasteiger partial charge on any atom is -0.390 e. The molecule has 0 aromatic carbocycles. The van der Waals surface area contributed by atoms with E-state index in [-0.39, 0.29) is 0 Å². The maximum atomic E-state index is 5.38. The van der Waals surface area contributed by atoms with Crippen LogP contribution < -0.4 is 11.1 Å². The lowest BCUT2D eigenvalue weighted by molar-refractivity contribution is 0.557. The topological polar surface area (TPSA) is 38.0 Å². The van der Waals surface area contributed by atoms with Crippen molar-refractivity contribution in [3.63, 3.8) is 0 Å². The molecule has 0 bridgehead atoms. The van der Waals surface area contributed by atoms with Gasteiger partial charge in [-0.1, -0.05) is 70.8 Å². The molecule has 2 nitrogen and oxygen atoms in total. The molecule has 0 unspecified atom stereocenters. The van der Waals surface area contributed by atoms with Gasteiger partial charge in [-0.3, -0.25) is 0 Å². The molecule has 18 heavy (non-hydrogen) atoms. The second-order valence-electron chi connectivity index (χ2n) is 5.12. The van der Waals surface area contributed by atoms with Crippen molar-refractivity contribution >= 4 is 0 Å². The van der Waals surface area contributed by atoms with Gasteiger partial charge in [-0.25, -0.2) is 0 Å². The number of hydrogen-bond donors (Lipinski definition) is 2. The van der Waals surface area contributed by atoms with Gasteiger partial charge in [-0.15, -0.1) is 0 Å². The van der Waals surface area contributed by atoms with Gasteiger partial charge in [0.05, 0.1) is 0 Å². The Morgan fingerprint density at radius 2 is 1.39 bits per heavy atom. The van der Waals surface area contributed by atoms with E-state index >= 15 is 0 Å². The molecule has 0 saturated heterocycles. The van der Waals surface area contributed by atoms with E-state index < -0.39 is 0 Å². The van der Waals surface area contributed by atoms with Crippen LogP contribution in [0.3, 0.4) is 0 Å². The molecule has 2 heteroatoms. The predicted octanol–water partition coefficient (Wildman–Crippen LogP) is 4.36. The lowest BCUT2D eigenvalue weighted by Gasteiger charge is -2.01. The van der Waals surface area contributed by atoms with E-state index in [0.717, 1.165) is 6.54 Å². The number of nitrogens with two attached hydrogens (primary N) is 1. The molecule has 0 saturated carbocycles. The van der Waals surface area contributed by atoms with Gasteiger partial charge < -0.3 is 11.1 Å². The Hall–Kier alpha value is -0.500. The lowest BCUT2D eigenvalue weighted by Crippen LogP contribution is -2.16. The van der Waals surface area contributed by atoms with Gasteiger partial charge in [0.25, 0.3) is 0 Å². The molecule has 0 aliphatic carbocycles. The van der Waals surface area contributed by atoms with Crippen molar-refractivity contribution in [3.05, 3.63) is 12.3 Å². The van der Waals surface area contributed by atoms with Gasteiger partial charge in [-0.05, 0) is 19.0 Å². The Balaban J connectivity index is 2.96. The zero-order valence-corrected chi connectivity index (χ0v) is 12.4. The number of hydrogen-bond acceptors (Lipinski definition) is 2. The maximum Gasteiger partial charge on any atom is 0.0264 e. The summed E-state index contributed by atoms with van der Waals surface area (Å²) in [5, 5.41) is 3.17. The average Bonchev–Trinajstić information content (AvgIpc) is 2.39. The second-order valence-corrected chi connectivity index (χ2v) is 5.12. The Morgan fingerprint density at radius 1 is 0.833 bits per heavy atom. The van der Waals surface area contributed by atoms with Crippen LogP contribution >= 0.6 is 0 Å². The fourth-order valence-electron chi connectivity index (χ4n) is 2.08. The molecule has 0 atom stereocenters. The van der Waals surface area contributed by atoms with Crippen LogP contribution in [-0.4, -0.2) is 13.1 Å². The van der Waals surface area contributed by atoms with Crippen molar-refractivity contribution in [3.8, 4) is 0 Å². The number of allylic oxidation sites excluding steroid dienone is 1. The number of unbranched alkanes of at least 4 members (excludes halogenated alkanes) is 10. The molecule has 0 aromatic heterocycles. The summed E-state index contributed by atoms with van der Waals surface area (Å²) in [6.07, 6.45) is 19.6. The molecule has 0 aliphatic heterocycles. The largest absolute Gasteiger partial charge is 0.390 e. The SMILES string of the molecule is CCCCCCCCCCCC/C=C/NCCN. The molecule has 0 fully saturated rings. The zero-order chi connectivity index (χ0) is 13.3. The molecule has 0 rings (SSSR count). The molecule has 0 radical (unpaired) electrons. The third-order valence-electron chi connectivity index (χ3n) is 3.25. The highest BCUT2D eigenvalue weighted by Crippen LogP contribution is 2.11. The quantitative estimate of drug-likeness (QED) is 0.452. The van der Waals surface area contributed by atoms with E-state index in [0.29, 0.717) is 6.54 Å². The van der Waals surface area contributed by atoms with E-state index in [1.165, 1.54) is 70.6 Å². The first-order chi connectivity index (χ1) is 8.91. The average molecular weight is 254 g/mol. The van der Waals surface area contributed by atoms with E-state index in [2.05, 4.69) is 18.3 Å². The second kappa shape index (κ2) is 16.5. The normalized spacial score (nSPS) is 11.2. The minimum atomic E-state index is 0.711. The Kier molecular flexibility index (Phi) is 16.0. The van der Waals surface area contributed by atoms with Crippen LogP contribution in [-0.2, 0) is 0 Å². The van der Waals surface area contributed by atoms with E-state index in [9.17, 15) is 0 Å². The summed E-state index contributed by atoms with van der Waals surface area (Å²) in [6, 6.07) is 0. The first kappa shape index (κ1) is 17.5. The minimum absolute atomic E-state index is 0.711. The molecule has 0 aromatic rings. The van der Waals surface area contributed by atoms with Crippen LogP contribution in [0.15, 0.2) is 12.3 Å². The summed E-state index contributed by atoms with van der Waals surface area (Å²) in [4.78, 5) is 0. The Morgan fingerprint density at radius 3 is 1.94 bits per heavy atom. The van der Waals surface area contributed by atoms with Crippen molar-refractivity contribution in [1.82, 2.24) is 5.32 Å². The predicted molar refractivity (Wildman–Crippen MR) is 82.7 cm³/mol.